The molecule has 4 heterocycles. The highest BCUT2D eigenvalue weighted by atomic mass is 16.5. The Morgan fingerprint density at radius 3 is 2.88 bits per heavy atom. The van der Waals surface area contributed by atoms with Crippen molar-refractivity contribution in [2.75, 3.05) is 44.9 Å². The van der Waals surface area contributed by atoms with Gasteiger partial charge in [-0.1, -0.05) is 6.07 Å². The average molecular weight is 355 g/mol. The molecule has 0 aliphatic carbocycles. The first-order chi connectivity index (χ1) is 12.8. The minimum absolute atomic E-state index is 0.0382. The third-order valence-electron chi connectivity index (χ3n) is 5.04. The second-order valence-corrected chi connectivity index (χ2v) is 6.70. The fraction of sp³-hybridized carbons (Fsp3) is 0.526. The number of methoxy groups -OCH3 is 1. The van der Waals surface area contributed by atoms with Crippen molar-refractivity contribution >= 4 is 5.82 Å². The Hall–Kier alpha value is -2.25. The monoisotopic (exact) mass is 355 g/mol. The van der Waals surface area contributed by atoms with E-state index in [-0.39, 0.29) is 6.04 Å². The minimum atomic E-state index is 0.0382. The Balaban J connectivity index is 1.56. The Morgan fingerprint density at radius 1 is 1.15 bits per heavy atom. The second kappa shape index (κ2) is 7.97. The van der Waals surface area contributed by atoms with Gasteiger partial charge in [0.25, 0.3) is 0 Å². The van der Waals surface area contributed by atoms with Gasteiger partial charge in [-0.05, 0) is 25.0 Å². The summed E-state index contributed by atoms with van der Waals surface area (Å²) in [6.45, 7) is 5.04. The number of hydrogen-bond acceptors (Lipinski definition) is 7. The summed E-state index contributed by atoms with van der Waals surface area (Å²) in [5, 5.41) is 0. The largest absolute Gasteiger partial charge is 0.481 e. The smallest absolute Gasteiger partial charge is 0.217 e. The first-order valence-corrected chi connectivity index (χ1v) is 9.23. The molecule has 2 aromatic rings. The second-order valence-electron chi connectivity index (χ2n) is 6.70. The summed E-state index contributed by atoms with van der Waals surface area (Å²) in [5.74, 6) is 2.53. The normalized spacial score (nSPS) is 21.1. The van der Waals surface area contributed by atoms with E-state index < -0.39 is 0 Å². The Bertz CT molecular complexity index is 735. The minimum Gasteiger partial charge on any atom is -0.481 e. The van der Waals surface area contributed by atoms with Gasteiger partial charge in [-0.25, -0.2) is 15.0 Å². The number of nitrogens with zero attached hydrogens (tertiary/aromatic N) is 5. The van der Waals surface area contributed by atoms with Crippen LogP contribution in [0.25, 0.3) is 0 Å². The predicted molar refractivity (Wildman–Crippen MR) is 98.2 cm³/mol. The van der Waals surface area contributed by atoms with Crippen molar-refractivity contribution in [3.8, 4) is 5.88 Å². The van der Waals surface area contributed by atoms with Crippen LogP contribution in [-0.4, -0.2) is 59.8 Å². The van der Waals surface area contributed by atoms with Crippen molar-refractivity contribution in [1.29, 1.82) is 0 Å². The van der Waals surface area contributed by atoms with E-state index in [0.717, 1.165) is 43.4 Å². The van der Waals surface area contributed by atoms with Gasteiger partial charge in [0, 0.05) is 44.1 Å². The molecule has 7 heteroatoms. The van der Waals surface area contributed by atoms with E-state index in [1.807, 2.05) is 18.3 Å². The highest BCUT2D eigenvalue weighted by Gasteiger charge is 2.28. The first-order valence-electron chi connectivity index (χ1n) is 9.23. The molecule has 2 aliphatic rings. The third kappa shape index (κ3) is 3.64. The molecule has 0 bridgehead atoms. The molecule has 2 fully saturated rings. The quantitative estimate of drug-likeness (QED) is 0.813. The molecule has 138 valence electrons. The van der Waals surface area contributed by atoms with Crippen LogP contribution >= 0.6 is 0 Å². The van der Waals surface area contributed by atoms with Gasteiger partial charge in [-0.15, -0.1) is 0 Å². The highest BCUT2D eigenvalue weighted by Crippen LogP contribution is 2.27. The van der Waals surface area contributed by atoms with Crippen LogP contribution in [0.1, 0.15) is 30.3 Å². The molecule has 0 radical (unpaired) electrons. The summed E-state index contributed by atoms with van der Waals surface area (Å²) in [4.78, 5) is 18.4. The van der Waals surface area contributed by atoms with E-state index in [1.54, 1.807) is 13.3 Å². The molecule has 2 aliphatic heterocycles. The fourth-order valence-corrected chi connectivity index (χ4v) is 3.66. The van der Waals surface area contributed by atoms with E-state index >= 15 is 0 Å². The summed E-state index contributed by atoms with van der Waals surface area (Å²) >= 11 is 0. The number of pyridine rings is 1. The van der Waals surface area contributed by atoms with Crippen molar-refractivity contribution in [3.63, 3.8) is 0 Å². The van der Waals surface area contributed by atoms with Crippen molar-refractivity contribution < 1.29 is 9.47 Å². The molecule has 0 unspecified atom stereocenters. The molecule has 0 N–H and O–H groups in total. The van der Waals surface area contributed by atoms with Gasteiger partial charge in [-0.3, -0.25) is 4.90 Å². The lowest BCUT2D eigenvalue weighted by Crippen LogP contribution is -2.40. The van der Waals surface area contributed by atoms with Gasteiger partial charge < -0.3 is 14.4 Å². The average Bonchev–Trinajstić information content (AvgIpc) is 3.24. The van der Waals surface area contributed by atoms with Crippen LogP contribution in [0, 0.1) is 0 Å². The van der Waals surface area contributed by atoms with Crippen LogP contribution < -0.4 is 9.64 Å². The van der Waals surface area contributed by atoms with Crippen molar-refractivity contribution in [2.24, 2.45) is 0 Å². The number of hydrogen-bond donors (Lipinski definition) is 0. The number of aromatic nitrogens is 3. The Kier molecular flexibility index (Phi) is 5.26. The van der Waals surface area contributed by atoms with Gasteiger partial charge >= 0.3 is 0 Å². The standard InChI is InChI=1S/C19H25N5O2/c1-25-19-15(5-4-7-21-19)13-24-11-12-26-14-16(24)18-20-8-6-17(22-18)23-9-2-3-10-23/h4-8,16H,2-3,9-14H2,1H3/t16-/m0/s1. The Labute approximate surface area is 154 Å². The van der Waals surface area contributed by atoms with Gasteiger partial charge in [0.05, 0.1) is 26.4 Å². The summed E-state index contributed by atoms with van der Waals surface area (Å²) in [6.07, 6.45) is 6.09. The topological polar surface area (TPSA) is 63.6 Å². The zero-order chi connectivity index (χ0) is 17.8. The van der Waals surface area contributed by atoms with Crippen molar-refractivity contribution in [2.45, 2.75) is 25.4 Å². The van der Waals surface area contributed by atoms with Gasteiger partial charge in [-0.2, -0.15) is 0 Å². The third-order valence-corrected chi connectivity index (χ3v) is 5.04. The number of anilines is 1. The molecular weight excluding hydrogens is 330 g/mol. The maximum absolute atomic E-state index is 5.74. The summed E-state index contributed by atoms with van der Waals surface area (Å²) in [6, 6.07) is 6.04. The molecule has 0 amide bonds. The maximum Gasteiger partial charge on any atom is 0.217 e. The van der Waals surface area contributed by atoms with Crippen LogP contribution in [0.2, 0.25) is 0 Å². The molecule has 2 saturated heterocycles. The van der Waals surface area contributed by atoms with E-state index in [2.05, 4.69) is 25.8 Å². The number of ether oxygens (including phenoxy) is 2. The molecule has 2 aromatic heterocycles. The lowest BCUT2D eigenvalue weighted by molar-refractivity contribution is -0.0162. The molecule has 0 saturated carbocycles. The number of rotatable bonds is 5. The van der Waals surface area contributed by atoms with E-state index in [0.29, 0.717) is 19.1 Å². The molecule has 26 heavy (non-hydrogen) atoms. The lowest BCUT2D eigenvalue weighted by atomic mass is 10.1. The van der Waals surface area contributed by atoms with Gasteiger partial charge in [0.15, 0.2) is 0 Å². The molecule has 0 spiro atoms. The van der Waals surface area contributed by atoms with E-state index in [1.165, 1.54) is 12.8 Å². The zero-order valence-corrected chi connectivity index (χ0v) is 15.2. The van der Waals surface area contributed by atoms with E-state index in [4.69, 9.17) is 14.5 Å². The van der Waals surface area contributed by atoms with Crippen LogP contribution in [0.4, 0.5) is 5.82 Å². The van der Waals surface area contributed by atoms with Crippen molar-refractivity contribution in [3.05, 3.63) is 42.0 Å². The van der Waals surface area contributed by atoms with Gasteiger partial charge in [0.1, 0.15) is 11.6 Å². The molecular formula is C19H25N5O2. The molecule has 1 atom stereocenters. The summed E-state index contributed by atoms with van der Waals surface area (Å²) in [5.41, 5.74) is 1.07. The number of morpholine rings is 1. The molecule has 4 rings (SSSR count). The fourth-order valence-electron chi connectivity index (χ4n) is 3.66. The summed E-state index contributed by atoms with van der Waals surface area (Å²) in [7, 11) is 1.66. The van der Waals surface area contributed by atoms with Crippen LogP contribution in [-0.2, 0) is 11.3 Å². The van der Waals surface area contributed by atoms with Crippen molar-refractivity contribution in [1.82, 2.24) is 19.9 Å². The predicted octanol–water partition coefficient (Wildman–Crippen LogP) is 2.05. The lowest BCUT2D eigenvalue weighted by Gasteiger charge is -2.35. The maximum atomic E-state index is 5.74. The first kappa shape index (κ1) is 17.2. The Morgan fingerprint density at radius 2 is 2.04 bits per heavy atom. The van der Waals surface area contributed by atoms with Crippen LogP contribution in [0.15, 0.2) is 30.6 Å². The SMILES string of the molecule is COc1ncccc1CN1CCOC[C@H]1c1nccc(N2CCCC2)n1. The highest BCUT2D eigenvalue weighted by molar-refractivity contribution is 5.38. The zero-order valence-electron chi connectivity index (χ0n) is 15.2. The summed E-state index contributed by atoms with van der Waals surface area (Å²) < 4.78 is 11.2. The van der Waals surface area contributed by atoms with Crippen LogP contribution in [0.3, 0.4) is 0 Å². The molecule has 0 aromatic carbocycles. The molecule has 7 nitrogen and oxygen atoms in total. The van der Waals surface area contributed by atoms with Crippen LogP contribution in [0.5, 0.6) is 5.88 Å². The van der Waals surface area contributed by atoms with E-state index in [9.17, 15) is 0 Å². The van der Waals surface area contributed by atoms with Gasteiger partial charge in [0.2, 0.25) is 5.88 Å².